The number of benzene rings is 3. The van der Waals surface area contributed by atoms with E-state index in [-0.39, 0.29) is 11.4 Å². The van der Waals surface area contributed by atoms with Crippen molar-refractivity contribution in [2.75, 3.05) is 0 Å². The predicted octanol–water partition coefficient (Wildman–Crippen LogP) is 4.60. The van der Waals surface area contributed by atoms with Crippen LogP contribution in [0.2, 0.25) is 0 Å². The Morgan fingerprint density at radius 1 is 1.03 bits per heavy atom. The maximum absolute atomic E-state index is 14.0. The third-order valence-corrected chi connectivity index (χ3v) is 6.64. The first-order chi connectivity index (χ1) is 18.3. The fraction of sp³-hybridized carbons (Fsp3) is 0.138. The van der Waals surface area contributed by atoms with Crippen LogP contribution in [0.25, 0.3) is 0 Å². The normalized spacial score (nSPS) is 16.2. The molecule has 0 radical (unpaired) electrons. The van der Waals surface area contributed by atoms with Crippen molar-refractivity contribution in [1.82, 2.24) is 9.80 Å². The quantitative estimate of drug-likeness (QED) is 0.368. The molecule has 38 heavy (non-hydrogen) atoms. The van der Waals surface area contributed by atoms with Gasteiger partial charge in [-0.15, -0.1) is 0 Å². The van der Waals surface area contributed by atoms with Gasteiger partial charge >= 0.3 is 5.97 Å². The van der Waals surface area contributed by atoms with Gasteiger partial charge in [0.05, 0.1) is 28.9 Å². The van der Waals surface area contributed by atoms with Crippen LogP contribution in [-0.2, 0) is 16.1 Å². The highest BCUT2D eigenvalue weighted by Crippen LogP contribution is 2.34. The number of nitro groups is 1. The molecule has 190 valence electrons. The molecule has 0 bridgehead atoms. The minimum Gasteiger partial charge on any atom is -0.477 e. The fourth-order valence-corrected chi connectivity index (χ4v) is 4.82. The molecule has 0 aliphatic carbocycles. The molecule has 1 atom stereocenters. The first-order valence-corrected chi connectivity index (χ1v) is 12.0. The van der Waals surface area contributed by atoms with E-state index in [0.29, 0.717) is 17.8 Å². The summed E-state index contributed by atoms with van der Waals surface area (Å²) in [6.07, 6.45) is 4.61. The van der Waals surface area contributed by atoms with Gasteiger partial charge in [0.15, 0.2) is 0 Å². The molecule has 2 heterocycles. The number of carboxylic acid groups (broad SMARTS) is 1. The molecule has 3 aromatic rings. The number of aliphatic carboxylic acids is 1. The first kappa shape index (κ1) is 24.6. The molecule has 0 saturated heterocycles. The number of carboxylic acids is 1. The van der Waals surface area contributed by atoms with Crippen molar-refractivity contribution in [1.29, 1.82) is 0 Å². The number of nitro benzene ring substituents is 1. The van der Waals surface area contributed by atoms with E-state index >= 15 is 0 Å². The van der Waals surface area contributed by atoms with E-state index < -0.39 is 28.8 Å². The molecule has 2 aliphatic heterocycles. The maximum atomic E-state index is 14.0. The van der Waals surface area contributed by atoms with Crippen molar-refractivity contribution in [3.05, 3.63) is 135 Å². The standard InChI is InChI=1S/C29H24N4O5/c1-19-14-20(12-13-24(19)33(37)38)16-31-18-30-23-17-32(26(29(35)36)15-25(23)31)28(34)27(21-8-4-2-5-9-21)22-10-6-3-7-11-22/h2-15,17-18,25,27H,16H2,1H3,(H,35,36)/t25-/m0/s1. The van der Waals surface area contributed by atoms with Crippen molar-refractivity contribution in [2.45, 2.75) is 25.4 Å². The number of nitrogens with zero attached hydrogens (tertiary/aromatic N) is 4. The summed E-state index contributed by atoms with van der Waals surface area (Å²) in [6.45, 7) is 2.03. The van der Waals surface area contributed by atoms with E-state index in [9.17, 15) is 24.8 Å². The van der Waals surface area contributed by atoms with E-state index in [2.05, 4.69) is 4.99 Å². The Hall–Kier alpha value is -5.05. The second-order valence-corrected chi connectivity index (χ2v) is 9.11. The minimum atomic E-state index is -1.23. The van der Waals surface area contributed by atoms with Crippen LogP contribution in [0, 0.1) is 17.0 Å². The van der Waals surface area contributed by atoms with Gasteiger partial charge in [-0.05, 0) is 35.8 Å². The third-order valence-electron chi connectivity index (χ3n) is 6.64. The van der Waals surface area contributed by atoms with Crippen LogP contribution in [0.4, 0.5) is 5.69 Å². The first-order valence-electron chi connectivity index (χ1n) is 12.0. The number of aliphatic imine (C=N–C) groups is 1. The lowest BCUT2D eigenvalue weighted by atomic mass is 9.89. The Kier molecular flexibility index (Phi) is 6.57. The topological polar surface area (TPSA) is 116 Å². The minimum absolute atomic E-state index is 0.0377. The Morgan fingerprint density at radius 2 is 1.66 bits per heavy atom. The average molecular weight is 509 g/mol. The summed E-state index contributed by atoms with van der Waals surface area (Å²) in [5.41, 5.74) is 3.26. The lowest BCUT2D eigenvalue weighted by molar-refractivity contribution is -0.385. The summed E-state index contributed by atoms with van der Waals surface area (Å²) < 4.78 is 0. The van der Waals surface area contributed by atoms with Gasteiger partial charge in [-0.3, -0.25) is 19.8 Å². The van der Waals surface area contributed by atoms with Crippen molar-refractivity contribution < 1.29 is 19.6 Å². The van der Waals surface area contributed by atoms with Crippen LogP contribution < -0.4 is 0 Å². The number of fused-ring (bicyclic) bond motifs is 1. The number of rotatable bonds is 7. The predicted molar refractivity (Wildman–Crippen MR) is 141 cm³/mol. The van der Waals surface area contributed by atoms with Crippen LogP contribution in [0.15, 0.2) is 108 Å². The molecular weight excluding hydrogens is 484 g/mol. The molecule has 9 heteroatoms. The lowest BCUT2D eigenvalue weighted by Gasteiger charge is -2.32. The van der Waals surface area contributed by atoms with Crippen LogP contribution >= 0.6 is 0 Å². The molecule has 2 aliphatic rings. The Labute approximate surface area is 218 Å². The lowest BCUT2D eigenvalue weighted by Crippen LogP contribution is -2.40. The van der Waals surface area contributed by atoms with Crippen LogP contribution in [-0.4, -0.2) is 44.1 Å². The third kappa shape index (κ3) is 4.69. The van der Waals surface area contributed by atoms with E-state index in [1.54, 1.807) is 25.4 Å². The van der Waals surface area contributed by atoms with E-state index in [1.165, 1.54) is 23.2 Å². The van der Waals surface area contributed by atoms with E-state index in [0.717, 1.165) is 16.7 Å². The molecule has 0 fully saturated rings. The van der Waals surface area contributed by atoms with Gasteiger partial charge in [0.25, 0.3) is 5.69 Å². The molecule has 0 unspecified atom stereocenters. The highest BCUT2D eigenvalue weighted by atomic mass is 16.6. The molecule has 0 saturated carbocycles. The van der Waals surface area contributed by atoms with Gasteiger partial charge in [-0.2, -0.15) is 0 Å². The summed E-state index contributed by atoms with van der Waals surface area (Å²) in [5.74, 6) is -2.34. The molecule has 0 spiro atoms. The number of aryl methyl sites for hydroxylation is 1. The highest BCUT2D eigenvalue weighted by molar-refractivity contribution is 5.98. The van der Waals surface area contributed by atoms with Gasteiger partial charge in [0.2, 0.25) is 5.91 Å². The SMILES string of the molecule is Cc1cc(CN2C=NC3=CN(C(=O)C(c4ccccc4)c4ccccc4)C(C(=O)O)=C[C@@H]32)ccc1[N+](=O)[O-]. The maximum Gasteiger partial charge on any atom is 0.352 e. The Balaban J connectivity index is 1.46. The molecule has 0 aromatic heterocycles. The van der Waals surface area contributed by atoms with E-state index in [1.807, 2.05) is 65.6 Å². The summed E-state index contributed by atoms with van der Waals surface area (Å²) in [7, 11) is 0. The number of hydrogen-bond acceptors (Lipinski definition) is 6. The zero-order valence-corrected chi connectivity index (χ0v) is 20.5. The summed E-state index contributed by atoms with van der Waals surface area (Å²) >= 11 is 0. The second kappa shape index (κ2) is 10.1. The van der Waals surface area contributed by atoms with Crippen molar-refractivity contribution in [2.24, 2.45) is 4.99 Å². The van der Waals surface area contributed by atoms with Gasteiger partial charge in [-0.1, -0.05) is 66.7 Å². The van der Waals surface area contributed by atoms with Gasteiger partial charge in [-0.25, -0.2) is 9.79 Å². The summed E-state index contributed by atoms with van der Waals surface area (Å²) in [4.78, 5) is 44.5. The number of carbonyl (C=O) groups excluding carboxylic acids is 1. The molecule has 1 N–H and O–H groups in total. The van der Waals surface area contributed by atoms with Gasteiger partial charge in [0.1, 0.15) is 5.70 Å². The Bertz CT molecular complexity index is 1460. The monoisotopic (exact) mass is 508 g/mol. The average Bonchev–Trinajstić information content (AvgIpc) is 3.30. The summed E-state index contributed by atoms with van der Waals surface area (Å²) in [6, 6.07) is 22.9. The van der Waals surface area contributed by atoms with Gasteiger partial charge in [0, 0.05) is 24.4 Å². The largest absolute Gasteiger partial charge is 0.477 e. The number of carbonyl (C=O) groups is 2. The molecule has 9 nitrogen and oxygen atoms in total. The van der Waals surface area contributed by atoms with Crippen LogP contribution in [0.3, 0.4) is 0 Å². The fourth-order valence-electron chi connectivity index (χ4n) is 4.82. The number of hydrogen-bond donors (Lipinski definition) is 1. The second-order valence-electron chi connectivity index (χ2n) is 9.11. The van der Waals surface area contributed by atoms with Crippen molar-refractivity contribution >= 4 is 23.9 Å². The zero-order chi connectivity index (χ0) is 26.8. The zero-order valence-electron chi connectivity index (χ0n) is 20.5. The summed E-state index contributed by atoms with van der Waals surface area (Å²) in [5, 5.41) is 21.2. The van der Waals surface area contributed by atoms with Crippen LogP contribution in [0.1, 0.15) is 28.2 Å². The van der Waals surface area contributed by atoms with E-state index in [4.69, 9.17) is 0 Å². The van der Waals surface area contributed by atoms with Gasteiger partial charge < -0.3 is 10.0 Å². The van der Waals surface area contributed by atoms with Crippen molar-refractivity contribution in [3.63, 3.8) is 0 Å². The Morgan fingerprint density at radius 3 is 2.21 bits per heavy atom. The number of amides is 1. The molecule has 1 amide bonds. The smallest absolute Gasteiger partial charge is 0.352 e. The molecule has 5 rings (SSSR count). The highest BCUT2D eigenvalue weighted by Gasteiger charge is 2.37. The van der Waals surface area contributed by atoms with Crippen LogP contribution in [0.5, 0.6) is 0 Å². The molecular formula is C29H24N4O5. The van der Waals surface area contributed by atoms with Crippen molar-refractivity contribution in [3.8, 4) is 0 Å². The molecule has 3 aromatic carbocycles.